The zero-order valence-electron chi connectivity index (χ0n) is 1.71. The van der Waals surface area contributed by atoms with E-state index in [-0.39, 0.29) is 80.3 Å². The Bertz CT molecular complexity index is 8.00. The minimum Gasteiger partial charge on any atom is 0 e. The second-order valence-corrected chi connectivity index (χ2v) is 0. The molecule has 0 aromatic carbocycles. The maximum absolute atomic E-state index is 0. The molecule has 0 fully saturated rings. The first kappa shape index (κ1) is 30.8. The van der Waals surface area contributed by atoms with Crippen LogP contribution in [0.25, 0.3) is 0 Å². The second kappa shape index (κ2) is 17.6. The van der Waals surface area contributed by atoms with Crippen molar-refractivity contribution >= 4 is 41.5 Å². The SMILES string of the molecule is [Fe].[Sb].[Se].[Ti]. The number of hydrogen-bond donors (Lipinski definition) is 0. The molecular formula is FeSbSeTi. The molecule has 0 aliphatic heterocycles. The van der Waals surface area contributed by atoms with E-state index in [1.807, 2.05) is 0 Å². The molecule has 0 nitrogen and oxygen atoms in total. The van der Waals surface area contributed by atoms with Gasteiger partial charge in [-0.25, -0.2) is 0 Å². The van der Waals surface area contributed by atoms with E-state index in [4.69, 9.17) is 0 Å². The predicted molar refractivity (Wildman–Crippen MR) is 11.5 cm³/mol. The molecule has 0 saturated carbocycles. The molecule has 0 unspecified atom stereocenters. The van der Waals surface area contributed by atoms with Crippen molar-refractivity contribution in [3.05, 3.63) is 0 Å². The maximum atomic E-state index is 0. The molecule has 5 radical (unpaired) electrons. The van der Waals surface area contributed by atoms with Crippen LogP contribution in [-0.4, -0.2) is 41.5 Å². The molecule has 0 saturated heterocycles. The van der Waals surface area contributed by atoms with Gasteiger partial charge in [0.15, 0.2) is 0 Å². The first-order valence-corrected chi connectivity index (χ1v) is 0. The Labute approximate surface area is 79.1 Å². The van der Waals surface area contributed by atoms with Gasteiger partial charge < -0.3 is 0 Å². The Morgan fingerprint density at radius 1 is 1.00 bits per heavy atom. The van der Waals surface area contributed by atoms with Crippen LogP contribution in [0.4, 0.5) is 0 Å². The average molecular weight is 304 g/mol. The van der Waals surface area contributed by atoms with Crippen molar-refractivity contribution in [1.82, 2.24) is 0 Å². The summed E-state index contributed by atoms with van der Waals surface area (Å²) in [5, 5.41) is 0. The van der Waals surface area contributed by atoms with Gasteiger partial charge in [-0.3, -0.25) is 0 Å². The fourth-order valence-electron chi connectivity index (χ4n) is 0. The average Bonchev–Trinajstić information content (AvgIpc) is 0. The van der Waals surface area contributed by atoms with Crippen molar-refractivity contribution in [1.29, 1.82) is 0 Å². The van der Waals surface area contributed by atoms with E-state index in [1.165, 1.54) is 0 Å². The normalized spacial score (nSPS) is 0. The summed E-state index contributed by atoms with van der Waals surface area (Å²) in [6, 6.07) is 0. The number of rotatable bonds is 0. The van der Waals surface area contributed by atoms with Gasteiger partial charge in [-0.2, -0.15) is 0 Å². The molecule has 23 valence electrons. The fourth-order valence-corrected chi connectivity index (χ4v) is 0. The van der Waals surface area contributed by atoms with E-state index in [1.54, 1.807) is 0 Å². The largest absolute Gasteiger partial charge is 0 e. The van der Waals surface area contributed by atoms with Gasteiger partial charge in [0.1, 0.15) is 0 Å². The summed E-state index contributed by atoms with van der Waals surface area (Å²) in [5.41, 5.74) is 0. The van der Waals surface area contributed by atoms with E-state index < -0.39 is 0 Å². The minimum absolute atomic E-state index is 0. The Hall–Kier alpha value is 2.57. The molecule has 0 amide bonds. The Balaban J connectivity index is 0. The van der Waals surface area contributed by atoms with Gasteiger partial charge >= 0.3 is 0 Å². The zero-order chi connectivity index (χ0) is 0. The second-order valence-electron chi connectivity index (χ2n) is 0. The predicted octanol–water partition coefficient (Wildman–Crippen LogP) is -0.767. The van der Waals surface area contributed by atoms with E-state index >= 15 is 0 Å². The molecule has 0 atom stereocenters. The first-order chi connectivity index (χ1) is 0. The van der Waals surface area contributed by atoms with Crippen LogP contribution in [-0.2, 0) is 38.8 Å². The third kappa shape index (κ3) is 8.82. The summed E-state index contributed by atoms with van der Waals surface area (Å²) >= 11 is 0. The van der Waals surface area contributed by atoms with Crippen molar-refractivity contribution in [2.45, 2.75) is 0 Å². The third-order valence-electron chi connectivity index (χ3n) is 0. The van der Waals surface area contributed by atoms with Crippen LogP contribution in [0.5, 0.6) is 0 Å². The topological polar surface area (TPSA) is 0 Å². The van der Waals surface area contributed by atoms with E-state index in [0.29, 0.717) is 0 Å². The van der Waals surface area contributed by atoms with Gasteiger partial charge in [-0.1, -0.05) is 0 Å². The quantitative estimate of drug-likeness (QED) is 0.516. The van der Waals surface area contributed by atoms with Gasteiger partial charge in [0, 0.05) is 80.3 Å². The first-order valence-electron chi connectivity index (χ1n) is 0. The van der Waals surface area contributed by atoms with Crippen LogP contribution in [0, 0.1) is 0 Å². The molecule has 0 N–H and O–H groups in total. The van der Waals surface area contributed by atoms with E-state index in [9.17, 15) is 0 Å². The molecule has 0 heterocycles. The molecule has 0 rings (SSSR count). The van der Waals surface area contributed by atoms with Crippen LogP contribution in [0.2, 0.25) is 0 Å². The van der Waals surface area contributed by atoms with Crippen molar-refractivity contribution in [2.75, 3.05) is 0 Å². The molecule has 0 spiro atoms. The molecular weight excluding hydrogens is 304 g/mol. The van der Waals surface area contributed by atoms with Gasteiger partial charge in [0.05, 0.1) is 0 Å². The summed E-state index contributed by atoms with van der Waals surface area (Å²) in [6.45, 7) is 0. The van der Waals surface area contributed by atoms with Gasteiger partial charge in [-0.05, 0) is 0 Å². The van der Waals surface area contributed by atoms with Crippen LogP contribution in [0.1, 0.15) is 0 Å². The van der Waals surface area contributed by atoms with Crippen LogP contribution >= 0.6 is 0 Å². The smallest absolute Gasteiger partial charge is 0 e. The van der Waals surface area contributed by atoms with Crippen molar-refractivity contribution in [3.63, 3.8) is 0 Å². The van der Waals surface area contributed by atoms with Gasteiger partial charge in [0.2, 0.25) is 0 Å². The van der Waals surface area contributed by atoms with Crippen molar-refractivity contribution < 1.29 is 38.8 Å². The molecule has 4 heavy (non-hydrogen) atoms. The monoisotopic (exact) mass is 305 g/mol. The zero-order valence-corrected chi connectivity index (χ0v) is 8.64. The van der Waals surface area contributed by atoms with Crippen LogP contribution in [0.15, 0.2) is 0 Å². The molecule has 0 aromatic heterocycles. The van der Waals surface area contributed by atoms with Crippen molar-refractivity contribution in [3.8, 4) is 0 Å². The third-order valence-corrected chi connectivity index (χ3v) is 0. The molecule has 0 aromatic rings. The summed E-state index contributed by atoms with van der Waals surface area (Å²) in [4.78, 5) is 0. The Morgan fingerprint density at radius 2 is 1.00 bits per heavy atom. The summed E-state index contributed by atoms with van der Waals surface area (Å²) in [7, 11) is 0. The summed E-state index contributed by atoms with van der Waals surface area (Å²) < 4.78 is 0. The van der Waals surface area contributed by atoms with Gasteiger partial charge in [0.25, 0.3) is 0 Å². The van der Waals surface area contributed by atoms with E-state index in [2.05, 4.69) is 0 Å². The Kier molecular flexibility index (Phi) is 136. The standard InChI is InChI=1S/Fe.Sb.Se.Ti. The van der Waals surface area contributed by atoms with Crippen LogP contribution < -0.4 is 0 Å². The molecule has 4 heteroatoms. The molecule has 0 aliphatic rings. The van der Waals surface area contributed by atoms with Crippen LogP contribution in [0.3, 0.4) is 0 Å². The minimum atomic E-state index is 0. The summed E-state index contributed by atoms with van der Waals surface area (Å²) in [6.07, 6.45) is 0. The van der Waals surface area contributed by atoms with Crippen molar-refractivity contribution in [2.24, 2.45) is 0 Å². The molecule has 0 aliphatic carbocycles. The molecule has 0 bridgehead atoms. The number of hydrogen-bond acceptors (Lipinski definition) is 0. The fraction of sp³-hybridized carbons (Fsp3) is 0. The Morgan fingerprint density at radius 3 is 1.00 bits per heavy atom. The van der Waals surface area contributed by atoms with Gasteiger partial charge in [-0.15, -0.1) is 0 Å². The maximum Gasteiger partial charge on any atom is 0 e. The summed E-state index contributed by atoms with van der Waals surface area (Å²) in [5.74, 6) is 0. The van der Waals surface area contributed by atoms with E-state index in [0.717, 1.165) is 0 Å².